The zero-order valence-electron chi connectivity index (χ0n) is 20.0. The van der Waals surface area contributed by atoms with Crippen molar-refractivity contribution in [2.24, 2.45) is 10.4 Å². The van der Waals surface area contributed by atoms with Gasteiger partial charge in [-0.25, -0.2) is 0 Å². The number of aliphatic imine (C=N–C) groups is 1. The molecule has 1 heterocycles. The van der Waals surface area contributed by atoms with Gasteiger partial charge in [0, 0.05) is 25.0 Å². The number of benzene rings is 1. The largest absolute Gasteiger partial charge is 0.497 e. The van der Waals surface area contributed by atoms with E-state index in [4.69, 9.17) is 9.73 Å². The molecule has 7 heteroatoms. The molecule has 1 aromatic rings. The summed E-state index contributed by atoms with van der Waals surface area (Å²) in [4.78, 5) is 19.5. The highest BCUT2D eigenvalue weighted by Gasteiger charge is 2.23. The van der Waals surface area contributed by atoms with Gasteiger partial charge >= 0.3 is 0 Å². The Bertz CT molecular complexity index is 691. The Labute approximate surface area is 188 Å². The summed E-state index contributed by atoms with van der Waals surface area (Å²) in [6.45, 7) is 12.7. The number of nitrogens with one attached hydrogen (secondary N) is 3. The zero-order valence-corrected chi connectivity index (χ0v) is 20.0. The summed E-state index contributed by atoms with van der Waals surface area (Å²) in [6, 6.07) is 8.59. The molecule has 0 aliphatic carbocycles. The minimum atomic E-state index is -0.376. The minimum Gasteiger partial charge on any atom is -0.497 e. The lowest BCUT2D eigenvalue weighted by Crippen LogP contribution is -2.44. The predicted octanol–water partition coefficient (Wildman–Crippen LogP) is 2.94. The lowest BCUT2D eigenvalue weighted by Gasteiger charge is -2.34. The van der Waals surface area contributed by atoms with E-state index < -0.39 is 0 Å². The number of carbonyl (C=O) groups is 1. The van der Waals surface area contributed by atoms with Gasteiger partial charge in [0.05, 0.1) is 19.7 Å². The van der Waals surface area contributed by atoms with Gasteiger partial charge in [-0.3, -0.25) is 14.7 Å². The van der Waals surface area contributed by atoms with Crippen LogP contribution in [0.15, 0.2) is 29.3 Å². The molecule has 31 heavy (non-hydrogen) atoms. The van der Waals surface area contributed by atoms with Crippen LogP contribution in [0.5, 0.6) is 5.75 Å². The fourth-order valence-corrected chi connectivity index (χ4v) is 3.63. The van der Waals surface area contributed by atoms with Gasteiger partial charge in [-0.1, -0.05) is 39.3 Å². The summed E-state index contributed by atoms with van der Waals surface area (Å²) in [7, 11) is 1.69. The van der Waals surface area contributed by atoms with Crippen molar-refractivity contribution in [3.63, 3.8) is 0 Å². The number of rotatable bonds is 9. The van der Waals surface area contributed by atoms with E-state index >= 15 is 0 Å². The Morgan fingerprint density at radius 1 is 1.06 bits per heavy atom. The van der Waals surface area contributed by atoms with E-state index in [1.54, 1.807) is 7.11 Å². The van der Waals surface area contributed by atoms with Crippen LogP contribution in [0.4, 0.5) is 0 Å². The van der Waals surface area contributed by atoms with Crippen molar-refractivity contribution >= 4 is 11.9 Å². The molecular weight excluding hydrogens is 390 g/mol. The number of likely N-dealkylation sites (tertiary alicyclic amines) is 1. The molecule has 1 atom stereocenters. The number of nitrogens with zero attached hydrogens (tertiary/aromatic N) is 2. The first-order valence-corrected chi connectivity index (χ1v) is 11.5. The highest BCUT2D eigenvalue weighted by molar-refractivity contribution is 5.81. The summed E-state index contributed by atoms with van der Waals surface area (Å²) in [5, 5.41) is 9.63. The second-order valence-corrected chi connectivity index (χ2v) is 9.04. The Morgan fingerprint density at radius 3 is 2.29 bits per heavy atom. The topological polar surface area (TPSA) is 78.0 Å². The Morgan fingerprint density at radius 2 is 1.71 bits per heavy atom. The van der Waals surface area contributed by atoms with Crippen LogP contribution in [0.1, 0.15) is 58.6 Å². The molecule has 0 saturated carbocycles. The van der Waals surface area contributed by atoms with Crippen LogP contribution < -0.4 is 20.7 Å². The highest BCUT2D eigenvalue weighted by atomic mass is 16.5. The molecule has 2 rings (SSSR count). The molecule has 1 aliphatic heterocycles. The quantitative estimate of drug-likeness (QED) is 0.318. The first-order chi connectivity index (χ1) is 14.8. The van der Waals surface area contributed by atoms with E-state index in [0.717, 1.165) is 31.3 Å². The lowest BCUT2D eigenvalue weighted by atomic mass is 9.96. The van der Waals surface area contributed by atoms with Gasteiger partial charge in [-0.05, 0) is 50.6 Å². The molecule has 1 amide bonds. The van der Waals surface area contributed by atoms with Crippen molar-refractivity contribution in [1.29, 1.82) is 0 Å². The number of hydrogen-bond donors (Lipinski definition) is 3. The van der Waals surface area contributed by atoms with E-state index in [0.29, 0.717) is 19.6 Å². The van der Waals surface area contributed by atoms with Crippen molar-refractivity contribution in [3.8, 4) is 5.75 Å². The SMILES string of the molecule is CCNC(=NCC(c1ccc(OC)cc1)N1CCCCC1)NCCNC(=O)C(C)(C)C. The third kappa shape index (κ3) is 8.40. The molecule has 1 fully saturated rings. The maximum Gasteiger partial charge on any atom is 0.225 e. The smallest absolute Gasteiger partial charge is 0.225 e. The van der Waals surface area contributed by atoms with Crippen LogP contribution in [0.2, 0.25) is 0 Å². The van der Waals surface area contributed by atoms with Gasteiger partial charge in [0.15, 0.2) is 5.96 Å². The number of ether oxygens (including phenoxy) is 1. The lowest BCUT2D eigenvalue weighted by molar-refractivity contribution is -0.128. The van der Waals surface area contributed by atoms with Gasteiger partial charge in [0.1, 0.15) is 5.75 Å². The zero-order chi connectivity index (χ0) is 22.7. The van der Waals surface area contributed by atoms with Gasteiger partial charge in [-0.15, -0.1) is 0 Å². The highest BCUT2D eigenvalue weighted by Crippen LogP contribution is 2.26. The average Bonchev–Trinajstić information content (AvgIpc) is 2.77. The third-order valence-electron chi connectivity index (χ3n) is 5.48. The Balaban J connectivity index is 2.02. The summed E-state index contributed by atoms with van der Waals surface area (Å²) >= 11 is 0. The number of methoxy groups -OCH3 is 1. The molecule has 0 spiro atoms. The average molecular weight is 432 g/mol. The fraction of sp³-hybridized carbons (Fsp3) is 0.667. The number of carbonyl (C=O) groups excluding carboxylic acids is 1. The molecule has 1 aromatic carbocycles. The van der Waals surface area contributed by atoms with Crippen LogP contribution in [-0.4, -0.2) is 63.1 Å². The first-order valence-electron chi connectivity index (χ1n) is 11.5. The van der Waals surface area contributed by atoms with Gasteiger partial charge in [0.2, 0.25) is 5.91 Å². The second-order valence-electron chi connectivity index (χ2n) is 9.04. The van der Waals surface area contributed by atoms with Crippen LogP contribution in [-0.2, 0) is 4.79 Å². The van der Waals surface area contributed by atoms with E-state index in [2.05, 4.69) is 39.9 Å². The summed E-state index contributed by atoms with van der Waals surface area (Å²) in [6.07, 6.45) is 3.78. The monoisotopic (exact) mass is 431 g/mol. The van der Waals surface area contributed by atoms with Crippen molar-refractivity contribution in [2.75, 3.05) is 46.4 Å². The number of hydrogen-bond acceptors (Lipinski definition) is 4. The van der Waals surface area contributed by atoms with E-state index in [1.807, 2.05) is 32.9 Å². The molecule has 3 N–H and O–H groups in total. The van der Waals surface area contributed by atoms with Gasteiger partial charge < -0.3 is 20.7 Å². The number of piperidine rings is 1. The van der Waals surface area contributed by atoms with Crippen molar-refractivity contribution in [1.82, 2.24) is 20.9 Å². The molecule has 1 saturated heterocycles. The standard InChI is InChI=1S/C24H41N5O2/c1-6-25-23(27-15-14-26-22(30)24(2,3)4)28-18-21(29-16-8-7-9-17-29)19-10-12-20(31-5)13-11-19/h10-13,21H,6-9,14-18H2,1-5H3,(H,26,30)(H2,25,27,28). The summed E-state index contributed by atoms with van der Waals surface area (Å²) in [5.41, 5.74) is 0.887. The predicted molar refractivity (Wildman–Crippen MR) is 128 cm³/mol. The second kappa shape index (κ2) is 12.5. The van der Waals surface area contributed by atoms with E-state index in [9.17, 15) is 4.79 Å². The summed E-state index contributed by atoms with van der Waals surface area (Å²) in [5.74, 6) is 1.71. The van der Waals surface area contributed by atoms with Crippen LogP contribution in [0, 0.1) is 5.41 Å². The molecule has 0 bridgehead atoms. The molecule has 0 aromatic heterocycles. The van der Waals surface area contributed by atoms with Crippen LogP contribution in [0.25, 0.3) is 0 Å². The molecule has 0 radical (unpaired) electrons. The Kier molecular flexibility index (Phi) is 10.1. The van der Waals surface area contributed by atoms with Crippen molar-refractivity contribution in [3.05, 3.63) is 29.8 Å². The molecule has 1 unspecified atom stereocenters. The normalized spacial score (nSPS) is 16.5. The van der Waals surface area contributed by atoms with E-state index in [1.165, 1.54) is 24.8 Å². The summed E-state index contributed by atoms with van der Waals surface area (Å²) < 4.78 is 5.33. The fourth-order valence-electron chi connectivity index (χ4n) is 3.63. The van der Waals surface area contributed by atoms with Crippen LogP contribution >= 0.6 is 0 Å². The van der Waals surface area contributed by atoms with Crippen LogP contribution in [0.3, 0.4) is 0 Å². The number of guanidine groups is 1. The van der Waals surface area contributed by atoms with Crippen molar-refractivity contribution in [2.45, 2.75) is 53.0 Å². The minimum absolute atomic E-state index is 0.0564. The van der Waals surface area contributed by atoms with Crippen molar-refractivity contribution < 1.29 is 9.53 Å². The van der Waals surface area contributed by atoms with Gasteiger partial charge in [-0.2, -0.15) is 0 Å². The third-order valence-corrected chi connectivity index (χ3v) is 5.48. The maximum absolute atomic E-state index is 12.0. The molecular formula is C24H41N5O2. The molecule has 7 nitrogen and oxygen atoms in total. The molecule has 174 valence electrons. The maximum atomic E-state index is 12.0. The Hall–Kier alpha value is -2.28. The van der Waals surface area contributed by atoms with Gasteiger partial charge in [0.25, 0.3) is 0 Å². The molecule has 1 aliphatic rings. The first kappa shape index (κ1) is 25.0. The number of amides is 1. The van der Waals surface area contributed by atoms with E-state index in [-0.39, 0.29) is 17.4 Å².